The molecule has 1 aromatic rings. The Hall–Kier alpha value is -1.71. The fourth-order valence-corrected chi connectivity index (χ4v) is 1.92. The summed E-state index contributed by atoms with van der Waals surface area (Å²) in [5.74, 6) is -0.239. The number of amides is 1. The Morgan fingerprint density at radius 3 is 2.32 bits per heavy atom. The first-order valence-electron chi connectivity index (χ1n) is 6.98. The van der Waals surface area contributed by atoms with Gasteiger partial charge in [0.15, 0.2) is 5.75 Å². The molecule has 19 heavy (non-hydrogen) atoms. The molecule has 0 radical (unpaired) electrons. The van der Waals surface area contributed by atoms with Gasteiger partial charge in [-0.25, -0.2) is 0 Å². The number of anilines is 1. The third kappa shape index (κ3) is 4.16. The Morgan fingerprint density at radius 1 is 1.21 bits per heavy atom. The summed E-state index contributed by atoms with van der Waals surface area (Å²) in [7, 11) is 0. The second-order valence-corrected chi connectivity index (χ2v) is 4.74. The Kier molecular flexibility index (Phi) is 6.19. The lowest BCUT2D eigenvalue weighted by atomic mass is 10.1. The van der Waals surface area contributed by atoms with E-state index >= 15 is 0 Å². The molecule has 0 unspecified atom stereocenters. The predicted octanol–water partition coefficient (Wildman–Crippen LogP) is 3.02. The number of nitrogen functional groups attached to an aromatic ring is 1. The summed E-state index contributed by atoms with van der Waals surface area (Å²) in [6.45, 7) is 5.65. The highest BCUT2D eigenvalue weighted by molar-refractivity contribution is 5.98. The van der Waals surface area contributed by atoms with Crippen molar-refractivity contribution in [2.45, 2.75) is 39.5 Å². The summed E-state index contributed by atoms with van der Waals surface area (Å²) >= 11 is 0. The molecule has 0 saturated carbocycles. The summed E-state index contributed by atoms with van der Waals surface area (Å²) in [6, 6.07) is 4.91. The van der Waals surface area contributed by atoms with Gasteiger partial charge in [0.1, 0.15) is 0 Å². The van der Waals surface area contributed by atoms with Crippen molar-refractivity contribution in [1.29, 1.82) is 0 Å². The highest BCUT2D eigenvalue weighted by Gasteiger charge is 2.19. The number of benzene rings is 1. The van der Waals surface area contributed by atoms with Crippen LogP contribution in [-0.2, 0) is 0 Å². The highest BCUT2D eigenvalue weighted by Crippen LogP contribution is 2.25. The van der Waals surface area contributed by atoms with E-state index in [1.165, 1.54) is 0 Å². The molecule has 0 spiro atoms. The lowest BCUT2D eigenvalue weighted by Gasteiger charge is -2.23. The van der Waals surface area contributed by atoms with Gasteiger partial charge in [-0.3, -0.25) is 4.79 Å². The van der Waals surface area contributed by atoms with E-state index in [1.54, 1.807) is 18.2 Å². The molecule has 3 N–H and O–H groups in total. The average molecular weight is 264 g/mol. The molecule has 1 amide bonds. The zero-order valence-corrected chi connectivity index (χ0v) is 11.9. The number of carbonyl (C=O) groups is 1. The van der Waals surface area contributed by atoms with Crippen molar-refractivity contribution in [2.75, 3.05) is 18.8 Å². The third-order valence-electron chi connectivity index (χ3n) is 3.15. The van der Waals surface area contributed by atoms with Crippen LogP contribution in [-0.4, -0.2) is 29.0 Å². The van der Waals surface area contributed by atoms with Crippen molar-refractivity contribution >= 4 is 11.6 Å². The van der Waals surface area contributed by atoms with Crippen molar-refractivity contribution in [3.05, 3.63) is 23.8 Å². The van der Waals surface area contributed by atoms with E-state index in [0.29, 0.717) is 5.56 Å². The Balaban J connectivity index is 2.87. The number of phenols is 1. The first-order chi connectivity index (χ1) is 9.11. The van der Waals surface area contributed by atoms with Crippen LogP contribution in [0.15, 0.2) is 18.2 Å². The van der Waals surface area contributed by atoms with E-state index in [4.69, 9.17) is 5.73 Å². The molecule has 0 bridgehead atoms. The van der Waals surface area contributed by atoms with Crippen LogP contribution >= 0.6 is 0 Å². The van der Waals surface area contributed by atoms with Crippen molar-refractivity contribution in [3.63, 3.8) is 0 Å². The second-order valence-electron chi connectivity index (χ2n) is 4.74. The van der Waals surface area contributed by atoms with E-state index < -0.39 is 0 Å². The standard InChI is InChI=1S/C15H24N2O2/c1-3-5-10-17(11-6-4-2)15(19)12-8-7-9-13(16)14(12)18/h7-9,18H,3-6,10-11,16H2,1-2H3. The van der Waals surface area contributed by atoms with Gasteiger partial charge in [-0.05, 0) is 25.0 Å². The molecule has 0 aliphatic heterocycles. The van der Waals surface area contributed by atoms with Crippen molar-refractivity contribution in [1.82, 2.24) is 4.90 Å². The number of phenolic OH excluding ortho intramolecular Hbond substituents is 1. The molecule has 4 nitrogen and oxygen atoms in total. The number of carbonyl (C=O) groups excluding carboxylic acids is 1. The third-order valence-corrected chi connectivity index (χ3v) is 3.15. The molecule has 1 rings (SSSR count). The van der Waals surface area contributed by atoms with E-state index in [0.717, 1.165) is 38.8 Å². The van der Waals surface area contributed by atoms with Gasteiger partial charge in [0.05, 0.1) is 11.3 Å². The lowest BCUT2D eigenvalue weighted by Crippen LogP contribution is -2.33. The van der Waals surface area contributed by atoms with Gasteiger partial charge in [0.25, 0.3) is 5.91 Å². The minimum absolute atomic E-state index is 0.106. The molecule has 0 aliphatic rings. The van der Waals surface area contributed by atoms with Gasteiger partial charge in [0.2, 0.25) is 0 Å². The summed E-state index contributed by atoms with van der Waals surface area (Å²) in [5.41, 5.74) is 6.18. The summed E-state index contributed by atoms with van der Waals surface area (Å²) < 4.78 is 0. The van der Waals surface area contributed by atoms with Crippen LogP contribution in [0.4, 0.5) is 5.69 Å². The molecule has 106 valence electrons. The largest absolute Gasteiger partial charge is 0.505 e. The molecule has 4 heteroatoms. The van der Waals surface area contributed by atoms with Crippen molar-refractivity contribution in [2.24, 2.45) is 0 Å². The van der Waals surface area contributed by atoms with Gasteiger partial charge >= 0.3 is 0 Å². The van der Waals surface area contributed by atoms with Gasteiger partial charge in [0, 0.05) is 13.1 Å². The SMILES string of the molecule is CCCCN(CCCC)C(=O)c1cccc(N)c1O. The monoisotopic (exact) mass is 264 g/mol. The Bertz CT molecular complexity index is 411. The Labute approximate surface area is 115 Å². The first-order valence-corrected chi connectivity index (χ1v) is 6.98. The summed E-state index contributed by atoms with van der Waals surface area (Å²) in [5, 5.41) is 9.90. The summed E-state index contributed by atoms with van der Waals surface area (Å²) in [4.78, 5) is 14.2. The van der Waals surface area contributed by atoms with Crippen molar-refractivity contribution in [3.8, 4) is 5.75 Å². The minimum Gasteiger partial charge on any atom is -0.505 e. The molecule has 0 atom stereocenters. The number of aromatic hydroxyl groups is 1. The topological polar surface area (TPSA) is 66.6 Å². The molecular weight excluding hydrogens is 240 g/mol. The molecule has 0 aromatic heterocycles. The second kappa shape index (κ2) is 7.67. The van der Waals surface area contributed by atoms with Crippen LogP contribution in [0.3, 0.4) is 0 Å². The normalized spacial score (nSPS) is 10.4. The van der Waals surface area contributed by atoms with Crippen molar-refractivity contribution < 1.29 is 9.90 Å². The lowest BCUT2D eigenvalue weighted by molar-refractivity contribution is 0.0748. The van der Waals surface area contributed by atoms with Crippen LogP contribution in [0.2, 0.25) is 0 Å². The molecule has 0 heterocycles. The van der Waals surface area contributed by atoms with Crippen LogP contribution in [0.25, 0.3) is 0 Å². The van der Waals surface area contributed by atoms with Gasteiger partial charge in [-0.15, -0.1) is 0 Å². The maximum atomic E-state index is 12.4. The fourth-order valence-electron chi connectivity index (χ4n) is 1.92. The predicted molar refractivity (Wildman–Crippen MR) is 78.2 cm³/mol. The minimum atomic E-state index is -0.133. The maximum absolute atomic E-state index is 12.4. The quantitative estimate of drug-likeness (QED) is 0.587. The maximum Gasteiger partial charge on any atom is 0.257 e. The van der Waals surface area contributed by atoms with E-state index in [9.17, 15) is 9.90 Å². The average Bonchev–Trinajstić information content (AvgIpc) is 2.41. The van der Waals surface area contributed by atoms with Crippen LogP contribution < -0.4 is 5.73 Å². The number of para-hydroxylation sites is 1. The number of nitrogens with two attached hydrogens (primary N) is 1. The van der Waals surface area contributed by atoms with E-state index in [-0.39, 0.29) is 17.3 Å². The van der Waals surface area contributed by atoms with E-state index in [1.807, 2.05) is 4.90 Å². The van der Waals surface area contributed by atoms with Gasteiger partial charge in [-0.1, -0.05) is 32.8 Å². The van der Waals surface area contributed by atoms with E-state index in [2.05, 4.69) is 13.8 Å². The van der Waals surface area contributed by atoms with Crippen LogP contribution in [0.5, 0.6) is 5.75 Å². The fraction of sp³-hybridized carbons (Fsp3) is 0.533. The number of unbranched alkanes of at least 4 members (excludes halogenated alkanes) is 2. The number of nitrogens with zero attached hydrogens (tertiary/aromatic N) is 1. The number of hydrogen-bond donors (Lipinski definition) is 2. The van der Waals surface area contributed by atoms with Crippen LogP contribution in [0, 0.1) is 0 Å². The van der Waals surface area contributed by atoms with Crippen LogP contribution in [0.1, 0.15) is 49.9 Å². The smallest absolute Gasteiger partial charge is 0.257 e. The number of rotatable bonds is 7. The zero-order chi connectivity index (χ0) is 14.3. The van der Waals surface area contributed by atoms with Gasteiger partial charge in [-0.2, -0.15) is 0 Å². The summed E-state index contributed by atoms with van der Waals surface area (Å²) in [6.07, 6.45) is 4.02. The molecule has 0 saturated heterocycles. The Morgan fingerprint density at radius 2 is 1.79 bits per heavy atom. The zero-order valence-electron chi connectivity index (χ0n) is 11.9. The van der Waals surface area contributed by atoms with Gasteiger partial charge < -0.3 is 15.7 Å². The first kappa shape index (κ1) is 15.3. The molecular formula is C15H24N2O2. The molecule has 1 aromatic carbocycles. The number of hydrogen-bond acceptors (Lipinski definition) is 3. The molecule has 0 fully saturated rings. The molecule has 0 aliphatic carbocycles. The highest BCUT2D eigenvalue weighted by atomic mass is 16.3.